The molecule has 1 unspecified atom stereocenters. The molecule has 144 valence electrons. The fraction of sp³-hybridized carbons (Fsp3) is 0.647. The SMILES string of the molecule is CC1(C)O[C@H]2O[C@H]3[C@H](OC(c4ccccc4)O[C@@H]3COS(C)(=O)=O)[C@H]2O1. The minimum Gasteiger partial charge on any atom is -0.341 e. The van der Waals surface area contributed by atoms with Gasteiger partial charge in [-0.3, -0.25) is 4.18 Å². The van der Waals surface area contributed by atoms with Crippen LogP contribution in [0.15, 0.2) is 30.3 Å². The normalized spacial score (nSPS) is 38.7. The lowest BCUT2D eigenvalue weighted by molar-refractivity contribution is -0.312. The van der Waals surface area contributed by atoms with Crippen molar-refractivity contribution in [3.8, 4) is 0 Å². The number of rotatable bonds is 4. The zero-order chi connectivity index (χ0) is 18.5. The van der Waals surface area contributed by atoms with Gasteiger partial charge in [-0.15, -0.1) is 0 Å². The van der Waals surface area contributed by atoms with Crippen LogP contribution in [-0.2, 0) is 38.0 Å². The lowest BCUT2D eigenvalue weighted by atomic mass is 10.0. The number of ether oxygens (including phenoxy) is 5. The molecule has 3 aliphatic heterocycles. The summed E-state index contributed by atoms with van der Waals surface area (Å²) in [6.07, 6.45) is -2.37. The Labute approximate surface area is 152 Å². The molecular formula is C17H22O8S. The first-order valence-corrected chi connectivity index (χ1v) is 10.2. The van der Waals surface area contributed by atoms with Crippen molar-refractivity contribution in [3.05, 3.63) is 35.9 Å². The second kappa shape index (κ2) is 6.52. The summed E-state index contributed by atoms with van der Waals surface area (Å²) in [5.41, 5.74) is 0.817. The molecule has 3 saturated heterocycles. The summed E-state index contributed by atoms with van der Waals surface area (Å²) in [5, 5.41) is 0. The van der Waals surface area contributed by atoms with Gasteiger partial charge in [-0.25, -0.2) is 0 Å². The Bertz CT molecular complexity index is 749. The predicted octanol–water partition coefficient (Wildman–Crippen LogP) is 1.32. The highest BCUT2D eigenvalue weighted by Gasteiger charge is 2.60. The molecule has 8 nitrogen and oxygen atoms in total. The zero-order valence-electron chi connectivity index (χ0n) is 14.7. The fourth-order valence-corrected chi connectivity index (χ4v) is 3.84. The molecule has 0 bridgehead atoms. The Hall–Kier alpha value is -1.07. The Kier molecular flexibility index (Phi) is 4.59. The molecule has 3 heterocycles. The first-order valence-electron chi connectivity index (χ1n) is 8.43. The van der Waals surface area contributed by atoms with E-state index >= 15 is 0 Å². The van der Waals surface area contributed by atoms with E-state index in [-0.39, 0.29) is 6.61 Å². The van der Waals surface area contributed by atoms with Crippen LogP contribution in [0, 0.1) is 0 Å². The molecule has 4 rings (SSSR count). The van der Waals surface area contributed by atoms with Gasteiger partial charge in [0.1, 0.15) is 24.4 Å². The molecule has 0 aromatic heterocycles. The van der Waals surface area contributed by atoms with Gasteiger partial charge in [-0.2, -0.15) is 8.42 Å². The van der Waals surface area contributed by atoms with Gasteiger partial charge in [-0.05, 0) is 13.8 Å². The third kappa shape index (κ3) is 3.65. The molecular weight excluding hydrogens is 364 g/mol. The summed E-state index contributed by atoms with van der Waals surface area (Å²) in [7, 11) is -3.61. The van der Waals surface area contributed by atoms with Crippen molar-refractivity contribution in [2.45, 2.75) is 56.6 Å². The lowest BCUT2D eigenvalue weighted by Gasteiger charge is -2.39. The van der Waals surface area contributed by atoms with Gasteiger partial charge < -0.3 is 23.7 Å². The van der Waals surface area contributed by atoms with Crippen LogP contribution in [0.25, 0.3) is 0 Å². The van der Waals surface area contributed by atoms with E-state index < -0.39 is 52.9 Å². The standard InChI is InChI=1S/C17H22O8S/c1-17(2)24-14-13-12(22-16(14)25-17)11(9-20-26(3,18)19)21-15(23-13)10-7-5-4-6-8-10/h4-8,11-16H,9H2,1-3H3/t11-,12-,13+,14-,15?,16-/m1/s1. The first kappa shape index (κ1) is 18.3. The predicted molar refractivity (Wildman–Crippen MR) is 88.4 cm³/mol. The van der Waals surface area contributed by atoms with E-state index in [9.17, 15) is 8.42 Å². The first-order chi connectivity index (χ1) is 12.2. The summed E-state index contributed by atoms with van der Waals surface area (Å²) < 4.78 is 57.4. The van der Waals surface area contributed by atoms with E-state index in [0.717, 1.165) is 11.8 Å². The molecule has 3 aliphatic rings. The largest absolute Gasteiger partial charge is 0.341 e. The number of benzene rings is 1. The molecule has 0 saturated carbocycles. The van der Waals surface area contributed by atoms with Gasteiger partial charge in [0.25, 0.3) is 10.1 Å². The Morgan fingerprint density at radius 2 is 1.73 bits per heavy atom. The van der Waals surface area contributed by atoms with Crippen LogP contribution in [0.1, 0.15) is 25.7 Å². The van der Waals surface area contributed by atoms with Crippen LogP contribution >= 0.6 is 0 Å². The number of hydrogen-bond donors (Lipinski definition) is 0. The van der Waals surface area contributed by atoms with Gasteiger partial charge in [-0.1, -0.05) is 30.3 Å². The van der Waals surface area contributed by atoms with Crippen molar-refractivity contribution < 1.29 is 36.3 Å². The minimum atomic E-state index is -3.61. The summed E-state index contributed by atoms with van der Waals surface area (Å²) in [6.45, 7) is 3.44. The van der Waals surface area contributed by atoms with Crippen LogP contribution in [0.2, 0.25) is 0 Å². The van der Waals surface area contributed by atoms with Crippen LogP contribution < -0.4 is 0 Å². The van der Waals surface area contributed by atoms with Crippen molar-refractivity contribution in [2.75, 3.05) is 12.9 Å². The molecule has 0 N–H and O–H groups in total. The third-order valence-electron chi connectivity index (χ3n) is 4.49. The van der Waals surface area contributed by atoms with Crippen molar-refractivity contribution in [1.82, 2.24) is 0 Å². The summed E-state index contributed by atoms with van der Waals surface area (Å²) in [6, 6.07) is 9.40. The lowest BCUT2D eigenvalue weighted by Crippen LogP contribution is -2.51. The van der Waals surface area contributed by atoms with Gasteiger partial charge in [0.2, 0.25) is 0 Å². The van der Waals surface area contributed by atoms with Gasteiger partial charge in [0.05, 0.1) is 12.9 Å². The topological polar surface area (TPSA) is 89.5 Å². The van der Waals surface area contributed by atoms with Gasteiger partial charge >= 0.3 is 0 Å². The van der Waals surface area contributed by atoms with E-state index in [1.54, 1.807) is 0 Å². The molecule has 3 fully saturated rings. The molecule has 26 heavy (non-hydrogen) atoms. The van der Waals surface area contributed by atoms with E-state index in [2.05, 4.69) is 0 Å². The molecule has 1 aromatic carbocycles. The maximum atomic E-state index is 11.4. The number of fused-ring (bicyclic) bond motifs is 3. The average Bonchev–Trinajstić information content (AvgIpc) is 3.04. The molecule has 9 heteroatoms. The minimum absolute atomic E-state index is 0.171. The van der Waals surface area contributed by atoms with E-state index in [0.29, 0.717) is 0 Å². The van der Waals surface area contributed by atoms with Crippen molar-refractivity contribution in [2.24, 2.45) is 0 Å². The summed E-state index contributed by atoms with van der Waals surface area (Å²) in [5.74, 6) is -0.775. The average molecular weight is 386 g/mol. The second-order valence-corrected chi connectivity index (χ2v) is 8.72. The summed E-state index contributed by atoms with van der Waals surface area (Å²) >= 11 is 0. The van der Waals surface area contributed by atoms with Crippen LogP contribution in [0.5, 0.6) is 0 Å². The van der Waals surface area contributed by atoms with Crippen molar-refractivity contribution in [3.63, 3.8) is 0 Å². The van der Waals surface area contributed by atoms with E-state index in [1.165, 1.54) is 0 Å². The van der Waals surface area contributed by atoms with Crippen molar-refractivity contribution >= 4 is 10.1 Å². The molecule has 1 aromatic rings. The van der Waals surface area contributed by atoms with Crippen LogP contribution in [0.3, 0.4) is 0 Å². The van der Waals surface area contributed by atoms with Crippen LogP contribution in [-0.4, -0.2) is 57.8 Å². The maximum Gasteiger partial charge on any atom is 0.264 e. The van der Waals surface area contributed by atoms with Crippen molar-refractivity contribution in [1.29, 1.82) is 0 Å². The highest BCUT2D eigenvalue weighted by atomic mass is 32.2. The van der Waals surface area contributed by atoms with Gasteiger partial charge in [0.15, 0.2) is 18.4 Å². The molecule has 0 radical (unpaired) electrons. The quantitative estimate of drug-likeness (QED) is 0.716. The molecule has 0 amide bonds. The van der Waals surface area contributed by atoms with E-state index in [4.69, 9.17) is 27.9 Å². The highest BCUT2D eigenvalue weighted by Crippen LogP contribution is 2.45. The van der Waals surface area contributed by atoms with Gasteiger partial charge in [0, 0.05) is 5.56 Å². The molecule has 0 aliphatic carbocycles. The Morgan fingerprint density at radius 3 is 2.42 bits per heavy atom. The maximum absolute atomic E-state index is 11.4. The smallest absolute Gasteiger partial charge is 0.264 e. The zero-order valence-corrected chi connectivity index (χ0v) is 15.5. The highest BCUT2D eigenvalue weighted by molar-refractivity contribution is 7.85. The fourth-order valence-electron chi connectivity index (χ4n) is 3.46. The second-order valence-electron chi connectivity index (χ2n) is 7.08. The monoisotopic (exact) mass is 386 g/mol. The summed E-state index contributed by atoms with van der Waals surface area (Å²) in [4.78, 5) is 0. The van der Waals surface area contributed by atoms with Crippen LogP contribution in [0.4, 0.5) is 0 Å². The van der Waals surface area contributed by atoms with E-state index in [1.807, 2.05) is 44.2 Å². The third-order valence-corrected chi connectivity index (χ3v) is 5.05. The molecule has 0 spiro atoms. The number of hydrogen-bond acceptors (Lipinski definition) is 8. The Morgan fingerprint density at radius 1 is 1.00 bits per heavy atom. The Balaban J connectivity index is 1.58. The molecule has 6 atom stereocenters.